The van der Waals surface area contributed by atoms with E-state index in [0.717, 1.165) is 17.9 Å². The van der Waals surface area contributed by atoms with Crippen LogP contribution in [0.2, 0.25) is 0 Å². The van der Waals surface area contributed by atoms with E-state index in [2.05, 4.69) is 63.7 Å². The highest BCUT2D eigenvalue weighted by Crippen LogP contribution is 2.37. The Bertz CT molecular complexity index is 753. The molecule has 3 heteroatoms. The maximum Gasteiger partial charge on any atom is 0.119 e. The third-order valence-electron chi connectivity index (χ3n) is 5.55. The minimum atomic E-state index is 0.0729. The fourth-order valence-electron chi connectivity index (χ4n) is 3.73. The topological polar surface area (TPSA) is 29.5 Å². The smallest absolute Gasteiger partial charge is 0.119 e. The maximum atomic E-state index is 9.48. The minimum absolute atomic E-state index is 0.0729. The third kappa shape index (κ3) is 4.27. The van der Waals surface area contributed by atoms with Crippen molar-refractivity contribution in [2.45, 2.75) is 47.1 Å². The number of hydrogen-bond donors (Lipinski definition) is 1. The monoisotopic (exact) mass is 370 g/mol. The molecule has 1 heterocycles. The third-order valence-corrected chi connectivity index (χ3v) is 6.53. The maximum absolute atomic E-state index is 9.48. The molecule has 2 nitrogen and oxygen atoms in total. The van der Waals surface area contributed by atoms with E-state index < -0.39 is 0 Å². The van der Waals surface area contributed by atoms with Crippen LogP contribution < -0.4 is 4.74 Å². The van der Waals surface area contributed by atoms with Gasteiger partial charge in [0, 0.05) is 5.41 Å². The van der Waals surface area contributed by atoms with E-state index in [-0.39, 0.29) is 6.61 Å². The molecule has 2 aromatic rings. The summed E-state index contributed by atoms with van der Waals surface area (Å²) < 4.78 is 6.23. The van der Waals surface area contributed by atoms with Crippen LogP contribution in [-0.2, 0) is 6.61 Å². The normalized spacial score (nSPS) is 16.5. The molecule has 0 spiro atoms. The Labute approximate surface area is 162 Å². The summed E-state index contributed by atoms with van der Waals surface area (Å²) in [5.74, 6) is 3.47. The zero-order valence-corrected chi connectivity index (χ0v) is 17.2. The van der Waals surface area contributed by atoms with E-state index in [1.54, 1.807) is 0 Å². The van der Waals surface area contributed by atoms with Gasteiger partial charge in [-0.05, 0) is 96.7 Å². The van der Waals surface area contributed by atoms with Crippen molar-refractivity contribution >= 4 is 11.8 Å². The first-order chi connectivity index (χ1) is 12.4. The van der Waals surface area contributed by atoms with Crippen LogP contribution >= 0.6 is 11.8 Å². The van der Waals surface area contributed by atoms with Crippen LogP contribution in [0.15, 0.2) is 30.3 Å². The fourth-order valence-corrected chi connectivity index (χ4v) is 5.21. The van der Waals surface area contributed by atoms with Crippen LogP contribution in [0.1, 0.15) is 42.0 Å². The van der Waals surface area contributed by atoms with E-state index in [1.807, 2.05) is 6.07 Å². The molecule has 3 rings (SSSR count). The van der Waals surface area contributed by atoms with Gasteiger partial charge in [0.15, 0.2) is 0 Å². The number of aryl methyl sites for hydroxylation is 3. The van der Waals surface area contributed by atoms with Crippen molar-refractivity contribution in [1.82, 2.24) is 0 Å². The van der Waals surface area contributed by atoms with E-state index in [4.69, 9.17) is 4.74 Å². The summed E-state index contributed by atoms with van der Waals surface area (Å²) in [6.45, 7) is 9.65. The lowest BCUT2D eigenvalue weighted by molar-refractivity contribution is 0.151. The Hall–Kier alpha value is -1.45. The van der Waals surface area contributed by atoms with E-state index in [0.29, 0.717) is 5.41 Å². The van der Waals surface area contributed by atoms with Gasteiger partial charge in [-0.1, -0.05) is 19.1 Å². The molecule has 1 fully saturated rings. The van der Waals surface area contributed by atoms with Gasteiger partial charge in [0.2, 0.25) is 0 Å². The molecule has 0 bridgehead atoms. The van der Waals surface area contributed by atoms with Crippen molar-refractivity contribution < 1.29 is 9.84 Å². The molecule has 0 radical (unpaired) electrons. The standard InChI is InChI=1S/C23H30O2S/c1-16-5-6-19(14-24)13-21(16)22-17(2)11-20(12-18(22)3)25-15-23(4)7-9-26-10-8-23/h5-6,11-13,24H,7-10,14-15H2,1-4H3. The summed E-state index contributed by atoms with van der Waals surface area (Å²) in [7, 11) is 0. The Balaban J connectivity index is 1.85. The molecule has 1 aliphatic rings. The number of hydrogen-bond acceptors (Lipinski definition) is 3. The van der Waals surface area contributed by atoms with Crippen molar-refractivity contribution in [2.24, 2.45) is 5.41 Å². The Morgan fingerprint density at radius 2 is 1.65 bits per heavy atom. The molecule has 0 unspecified atom stereocenters. The van der Waals surface area contributed by atoms with Gasteiger partial charge in [-0.25, -0.2) is 0 Å². The molecule has 1 N–H and O–H groups in total. The summed E-state index contributed by atoms with van der Waals surface area (Å²) in [4.78, 5) is 0. The molecule has 26 heavy (non-hydrogen) atoms. The van der Waals surface area contributed by atoms with Gasteiger partial charge in [0.05, 0.1) is 13.2 Å². The van der Waals surface area contributed by atoms with Gasteiger partial charge in [0.1, 0.15) is 5.75 Å². The molecular weight excluding hydrogens is 340 g/mol. The largest absolute Gasteiger partial charge is 0.493 e. The number of benzene rings is 2. The zero-order chi connectivity index (χ0) is 18.7. The predicted octanol–water partition coefficient (Wildman–Crippen LogP) is 5.68. The van der Waals surface area contributed by atoms with Crippen molar-refractivity contribution in [2.75, 3.05) is 18.1 Å². The molecule has 140 valence electrons. The molecule has 0 atom stereocenters. The van der Waals surface area contributed by atoms with Gasteiger partial charge >= 0.3 is 0 Å². The average Bonchev–Trinajstić information content (AvgIpc) is 2.62. The quantitative estimate of drug-likeness (QED) is 0.734. The number of thioether (sulfide) groups is 1. The van der Waals surface area contributed by atoms with Crippen molar-refractivity contribution in [1.29, 1.82) is 0 Å². The highest BCUT2D eigenvalue weighted by atomic mass is 32.2. The van der Waals surface area contributed by atoms with Crippen LogP contribution in [0, 0.1) is 26.2 Å². The van der Waals surface area contributed by atoms with E-state index in [9.17, 15) is 5.11 Å². The zero-order valence-electron chi connectivity index (χ0n) is 16.4. The van der Waals surface area contributed by atoms with Crippen molar-refractivity contribution in [3.63, 3.8) is 0 Å². The Morgan fingerprint density at radius 1 is 1.00 bits per heavy atom. The van der Waals surface area contributed by atoms with Crippen molar-refractivity contribution in [3.05, 3.63) is 52.6 Å². The van der Waals surface area contributed by atoms with E-state index >= 15 is 0 Å². The van der Waals surface area contributed by atoms with Gasteiger partial charge in [-0.15, -0.1) is 0 Å². The predicted molar refractivity (Wildman–Crippen MR) is 112 cm³/mol. The van der Waals surface area contributed by atoms with Crippen LogP contribution in [0.3, 0.4) is 0 Å². The molecule has 0 aliphatic carbocycles. The Morgan fingerprint density at radius 3 is 2.27 bits per heavy atom. The van der Waals surface area contributed by atoms with Gasteiger partial charge in [0.25, 0.3) is 0 Å². The van der Waals surface area contributed by atoms with Gasteiger partial charge in [-0.2, -0.15) is 11.8 Å². The SMILES string of the molecule is Cc1ccc(CO)cc1-c1c(C)cc(OCC2(C)CCSCC2)cc1C. The van der Waals surface area contributed by atoms with Crippen LogP contribution in [0.5, 0.6) is 5.75 Å². The molecule has 0 saturated carbocycles. The second-order valence-electron chi connectivity index (χ2n) is 7.95. The number of aliphatic hydroxyl groups is 1. The highest BCUT2D eigenvalue weighted by Gasteiger charge is 2.28. The number of rotatable bonds is 5. The first kappa shape index (κ1) is 19.3. The van der Waals surface area contributed by atoms with E-state index in [1.165, 1.54) is 52.2 Å². The van der Waals surface area contributed by atoms with Crippen molar-refractivity contribution in [3.8, 4) is 16.9 Å². The average molecular weight is 371 g/mol. The summed E-state index contributed by atoms with van der Waals surface area (Å²) in [5.41, 5.74) is 7.39. The second kappa shape index (κ2) is 8.06. The molecular formula is C23H30O2S. The molecule has 0 aromatic heterocycles. The summed E-state index contributed by atoms with van der Waals surface area (Å²) >= 11 is 2.05. The lowest BCUT2D eigenvalue weighted by Crippen LogP contribution is -2.29. The number of aliphatic hydroxyl groups excluding tert-OH is 1. The first-order valence-corrected chi connectivity index (χ1v) is 10.6. The minimum Gasteiger partial charge on any atom is -0.493 e. The summed E-state index contributed by atoms with van der Waals surface area (Å²) in [6, 6.07) is 10.5. The van der Waals surface area contributed by atoms with Crippen LogP contribution in [-0.4, -0.2) is 23.2 Å². The molecule has 1 saturated heterocycles. The molecule has 0 amide bonds. The van der Waals surface area contributed by atoms with Gasteiger partial charge in [-0.3, -0.25) is 0 Å². The molecule has 1 aliphatic heterocycles. The lowest BCUT2D eigenvalue weighted by Gasteiger charge is -2.33. The second-order valence-corrected chi connectivity index (χ2v) is 9.18. The Kier molecular flexibility index (Phi) is 5.99. The number of ether oxygens (including phenoxy) is 1. The first-order valence-electron chi connectivity index (χ1n) is 9.44. The molecule has 2 aromatic carbocycles. The summed E-state index contributed by atoms with van der Waals surface area (Å²) in [6.07, 6.45) is 2.47. The lowest BCUT2D eigenvalue weighted by atomic mass is 9.85. The summed E-state index contributed by atoms with van der Waals surface area (Å²) in [5, 5.41) is 9.48. The highest BCUT2D eigenvalue weighted by molar-refractivity contribution is 7.99. The van der Waals surface area contributed by atoms with Crippen LogP contribution in [0.25, 0.3) is 11.1 Å². The van der Waals surface area contributed by atoms with Gasteiger partial charge < -0.3 is 9.84 Å². The van der Waals surface area contributed by atoms with Crippen LogP contribution in [0.4, 0.5) is 0 Å². The fraction of sp³-hybridized carbons (Fsp3) is 0.478.